The summed E-state index contributed by atoms with van der Waals surface area (Å²) >= 11 is 6.67. The van der Waals surface area contributed by atoms with Gasteiger partial charge in [0, 0.05) is 13.1 Å². The van der Waals surface area contributed by atoms with E-state index in [4.69, 9.17) is 17.3 Å². The van der Waals surface area contributed by atoms with Crippen molar-refractivity contribution in [2.45, 2.75) is 24.0 Å². The molecule has 2 heterocycles. The fourth-order valence-corrected chi connectivity index (χ4v) is 5.50. The normalized spacial score (nSPS) is 21.5. The lowest BCUT2D eigenvalue weighted by Gasteiger charge is -2.29. The molecule has 2 rings (SSSR count). The van der Waals surface area contributed by atoms with E-state index in [0.717, 1.165) is 11.3 Å². The van der Waals surface area contributed by atoms with E-state index in [-0.39, 0.29) is 15.2 Å². The van der Waals surface area contributed by atoms with Crippen molar-refractivity contribution in [1.82, 2.24) is 9.29 Å². The van der Waals surface area contributed by atoms with Crippen molar-refractivity contribution in [3.8, 4) is 0 Å². The smallest absolute Gasteiger partial charge is 0.254 e. The molecule has 0 bridgehead atoms. The number of aromatic nitrogens is 1. The number of amides is 1. The number of nitrogens with two attached hydrogens (primary N) is 1. The van der Waals surface area contributed by atoms with Crippen molar-refractivity contribution in [1.29, 1.82) is 0 Å². The number of rotatable bonds is 3. The molecule has 1 aliphatic rings. The second kappa shape index (κ2) is 5.35. The topological polar surface area (TPSA) is 93.4 Å². The Labute approximate surface area is 120 Å². The van der Waals surface area contributed by atoms with Gasteiger partial charge in [0.2, 0.25) is 5.91 Å². The van der Waals surface area contributed by atoms with Crippen LogP contribution < -0.4 is 5.73 Å². The number of piperidine rings is 1. The number of halogens is 1. The fourth-order valence-electron chi connectivity index (χ4n) is 2.10. The minimum atomic E-state index is -3.64. The third-order valence-electron chi connectivity index (χ3n) is 3.09. The first-order valence-electron chi connectivity index (χ1n) is 5.74. The van der Waals surface area contributed by atoms with Crippen LogP contribution in [0.15, 0.2) is 4.21 Å². The van der Waals surface area contributed by atoms with Crippen LogP contribution in [-0.2, 0) is 14.8 Å². The highest BCUT2D eigenvalue weighted by molar-refractivity contribution is 7.91. The summed E-state index contributed by atoms with van der Waals surface area (Å²) in [7, 11) is -3.64. The lowest BCUT2D eigenvalue weighted by molar-refractivity contribution is -0.122. The van der Waals surface area contributed by atoms with E-state index in [0.29, 0.717) is 25.1 Å². The van der Waals surface area contributed by atoms with Gasteiger partial charge >= 0.3 is 0 Å². The van der Waals surface area contributed by atoms with Crippen molar-refractivity contribution in [3.63, 3.8) is 0 Å². The number of aryl methyl sites for hydroxylation is 1. The Morgan fingerprint density at radius 3 is 2.79 bits per heavy atom. The van der Waals surface area contributed by atoms with Gasteiger partial charge in [-0.05, 0) is 19.8 Å². The zero-order valence-electron chi connectivity index (χ0n) is 10.3. The van der Waals surface area contributed by atoms with Crippen LogP contribution in [0.4, 0.5) is 0 Å². The molecule has 19 heavy (non-hydrogen) atoms. The van der Waals surface area contributed by atoms with Crippen LogP contribution in [0.1, 0.15) is 18.5 Å². The van der Waals surface area contributed by atoms with Crippen molar-refractivity contribution < 1.29 is 13.2 Å². The number of thiazole rings is 1. The molecule has 9 heteroatoms. The predicted molar refractivity (Wildman–Crippen MR) is 72.5 cm³/mol. The largest absolute Gasteiger partial charge is 0.369 e. The van der Waals surface area contributed by atoms with Crippen molar-refractivity contribution in [3.05, 3.63) is 10.2 Å². The molecule has 0 saturated carbocycles. The van der Waals surface area contributed by atoms with Gasteiger partial charge in [-0.2, -0.15) is 4.31 Å². The Bertz CT molecular complexity index is 599. The first-order chi connectivity index (χ1) is 8.82. The van der Waals surface area contributed by atoms with Crippen LogP contribution in [-0.4, -0.2) is 36.7 Å². The third-order valence-corrected chi connectivity index (χ3v) is 6.80. The van der Waals surface area contributed by atoms with E-state index < -0.39 is 21.8 Å². The molecule has 1 amide bonds. The summed E-state index contributed by atoms with van der Waals surface area (Å²) in [6.07, 6.45) is 1.25. The van der Waals surface area contributed by atoms with Gasteiger partial charge in [0.15, 0.2) is 8.68 Å². The lowest BCUT2D eigenvalue weighted by atomic mass is 9.99. The second-order valence-corrected chi connectivity index (χ2v) is 8.16. The molecule has 1 aromatic heterocycles. The number of primary amides is 1. The number of sulfonamides is 1. The Kier molecular flexibility index (Phi) is 4.14. The molecule has 1 fully saturated rings. The second-order valence-electron chi connectivity index (χ2n) is 4.44. The molecule has 1 atom stereocenters. The van der Waals surface area contributed by atoms with Gasteiger partial charge in [-0.3, -0.25) is 4.79 Å². The van der Waals surface area contributed by atoms with Gasteiger partial charge in [0.05, 0.1) is 11.6 Å². The summed E-state index contributed by atoms with van der Waals surface area (Å²) in [4.78, 5) is 15.1. The molecule has 0 aliphatic carbocycles. The first kappa shape index (κ1) is 14.7. The maximum atomic E-state index is 12.5. The van der Waals surface area contributed by atoms with Crippen LogP contribution in [0.25, 0.3) is 0 Å². The quantitative estimate of drug-likeness (QED) is 0.897. The monoisotopic (exact) mass is 323 g/mol. The van der Waals surface area contributed by atoms with Gasteiger partial charge in [0.1, 0.15) is 0 Å². The molecule has 6 nitrogen and oxygen atoms in total. The highest BCUT2D eigenvalue weighted by atomic mass is 35.5. The van der Waals surface area contributed by atoms with Gasteiger partial charge in [0.25, 0.3) is 10.0 Å². The Hall–Kier alpha value is -0.700. The summed E-state index contributed by atoms with van der Waals surface area (Å²) < 4.78 is 26.6. The highest BCUT2D eigenvalue weighted by Gasteiger charge is 2.34. The van der Waals surface area contributed by atoms with E-state index in [1.54, 1.807) is 6.92 Å². The van der Waals surface area contributed by atoms with Gasteiger partial charge < -0.3 is 5.73 Å². The molecule has 1 saturated heterocycles. The molecule has 1 unspecified atom stereocenters. The Morgan fingerprint density at radius 2 is 2.26 bits per heavy atom. The SMILES string of the molecule is Cc1nc(Cl)sc1S(=O)(=O)N1CCCC(C(N)=O)C1. The molecule has 0 spiro atoms. The molecule has 106 valence electrons. The average Bonchev–Trinajstić information content (AvgIpc) is 2.69. The third kappa shape index (κ3) is 2.91. The lowest BCUT2D eigenvalue weighted by Crippen LogP contribution is -2.43. The van der Waals surface area contributed by atoms with Crippen molar-refractivity contribution >= 4 is 38.9 Å². The van der Waals surface area contributed by atoms with E-state index >= 15 is 0 Å². The molecule has 1 aliphatic heterocycles. The van der Waals surface area contributed by atoms with E-state index in [1.807, 2.05) is 0 Å². The molecule has 0 radical (unpaired) electrons. The predicted octanol–water partition coefficient (Wildman–Crippen LogP) is 0.991. The van der Waals surface area contributed by atoms with Gasteiger partial charge in [-0.15, -0.1) is 0 Å². The minimum Gasteiger partial charge on any atom is -0.369 e. The number of nitrogens with zero attached hydrogens (tertiary/aromatic N) is 2. The fraction of sp³-hybridized carbons (Fsp3) is 0.600. The van der Waals surface area contributed by atoms with E-state index in [2.05, 4.69) is 4.98 Å². The summed E-state index contributed by atoms with van der Waals surface area (Å²) in [5.41, 5.74) is 5.64. The Balaban J connectivity index is 2.29. The number of hydrogen-bond donors (Lipinski definition) is 1. The van der Waals surface area contributed by atoms with E-state index in [9.17, 15) is 13.2 Å². The zero-order valence-corrected chi connectivity index (χ0v) is 12.7. The highest BCUT2D eigenvalue weighted by Crippen LogP contribution is 2.31. The van der Waals surface area contributed by atoms with Crippen LogP contribution >= 0.6 is 22.9 Å². The molecular formula is C10H14ClN3O3S2. The van der Waals surface area contributed by atoms with Crippen LogP contribution in [0.3, 0.4) is 0 Å². The molecule has 1 aromatic rings. The minimum absolute atomic E-state index is 0.132. The Morgan fingerprint density at radius 1 is 1.58 bits per heavy atom. The molecular weight excluding hydrogens is 310 g/mol. The van der Waals surface area contributed by atoms with Gasteiger partial charge in [-0.1, -0.05) is 22.9 Å². The average molecular weight is 324 g/mol. The van der Waals surface area contributed by atoms with Crippen molar-refractivity contribution in [2.75, 3.05) is 13.1 Å². The van der Waals surface area contributed by atoms with Crippen LogP contribution in [0.5, 0.6) is 0 Å². The zero-order chi connectivity index (χ0) is 14.2. The van der Waals surface area contributed by atoms with Crippen LogP contribution in [0.2, 0.25) is 4.47 Å². The number of carbonyl (C=O) groups is 1. The standard InChI is InChI=1S/C10H14ClN3O3S2/c1-6-9(18-10(11)13-6)19(16,17)14-4-2-3-7(5-14)8(12)15/h7H,2-5H2,1H3,(H2,12,15). The number of carbonyl (C=O) groups excluding carboxylic acids is 1. The van der Waals surface area contributed by atoms with E-state index in [1.165, 1.54) is 4.31 Å². The van der Waals surface area contributed by atoms with Crippen molar-refractivity contribution in [2.24, 2.45) is 11.7 Å². The maximum absolute atomic E-state index is 12.5. The van der Waals surface area contributed by atoms with Crippen LogP contribution in [0, 0.1) is 12.8 Å². The first-order valence-corrected chi connectivity index (χ1v) is 8.38. The number of hydrogen-bond acceptors (Lipinski definition) is 5. The maximum Gasteiger partial charge on any atom is 0.254 e. The summed E-state index contributed by atoms with van der Waals surface area (Å²) in [6, 6.07) is 0. The van der Waals surface area contributed by atoms with Gasteiger partial charge in [-0.25, -0.2) is 13.4 Å². The molecule has 2 N–H and O–H groups in total. The molecule has 0 aromatic carbocycles. The summed E-state index contributed by atoms with van der Waals surface area (Å²) in [6.45, 7) is 2.12. The summed E-state index contributed by atoms with van der Waals surface area (Å²) in [5, 5.41) is 0. The summed E-state index contributed by atoms with van der Waals surface area (Å²) in [5.74, 6) is -0.883.